The van der Waals surface area contributed by atoms with Crippen molar-refractivity contribution in [1.82, 2.24) is 20.6 Å². The smallest absolute Gasteiger partial charge is 0.213 e. The molecule has 0 bridgehead atoms. The molecule has 0 atom stereocenters. The third-order valence-electron chi connectivity index (χ3n) is 4.38. The molecule has 0 aliphatic rings. The Bertz CT molecular complexity index is 889. The average molecular weight is 381 g/mol. The van der Waals surface area contributed by atoms with Gasteiger partial charge in [-0.3, -0.25) is 4.99 Å². The molecule has 0 radical (unpaired) electrons. The van der Waals surface area contributed by atoms with E-state index in [0.29, 0.717) is 25.6 Å². The fourth-order valence-corrected chi connectivity index (χ4v) is 2.89. The van der Waals surface area contributed by atoms with E-state index in [4.69, 9.17) is 9.47 Å². The summed E-state index contributed by atoms with van der Waals surface area (Å²) in [7, 11) is 3.42. The molecule has 0 amide bonds. The number of H-pyrrole nitrogens is 1. The number of para-hydroxylation sites is 1. The third kappa shape index (κ3) is 5.47. The van der Waals surface area contributed by atoms with E-state index in [9.17, 15) is 0 Å². The maximum Gasteiger partial charge on any atom is 0.213 e. The first kappa shape index (κ1) is 19.7. The molecule has 0 unspecified atom stereocenters. The molecule has 3 aromatic rings. The summed E-state index contributed by atoms with van der Waals surface area (Å²) in [5.74, 6) is 1.36. The van der Waals surface area contributed by atoms with Gasteiger partial charge < -0.3 is 25.1 Å². The van der Waals surface area contributed by atoms with Crippen LogP contribution in [0.25, 0.3) is 10.9 Å². The minimum absolute atomic E-state index is 0.494. The molecule has 0 aliphatic carbocycles. The third-order valence-corrected chi connectivity index (χ3v) is 4.38. The van der Waals surface area contributed by atoms with Crippen LogP contribution in [-0.4, -0.2) is 49.8 Å². The van der Waals surface area contributed by atoms with Crippen molar-refractivity contribution in [3.8, 4) is 5.88 Å². The maximum absolute atomic E-state index is 5.47. The number of nitrogens with zero attached hydrogens (tertiary/aromatic N) is 2. The van der Waals surface area contributed by atoms with E-state index in [1.54, 1.807) is 20.4 Å². The lowest BCUT2D eigenvalue weighted by molar-refractivity contribution is 0.143. The lowest BCUT2D eigenvalue weighted by Gasteiger charge is -2.12. The molecule has 0 spiro atoms. The van der Waals surface area contributed by atoms with Gasteiger partial charge in [0.1, 0.15) is 6.61 Å². The second-order valence-corrected chi connectivity index (χ2v) is 6.31. The van der Waals surface area contributed by atoms with Crippen molar-refractivity contribution in [3.63, 3.8) is 0 Å². The summed E-state index contributed by atoms with van der Waals surface area (Å²) in [5.41, 5.74) is 3.52. The quantitative estimate of drug-likeness (QED) is 0.301. The molecule has 2 heterocycles. The summed E-state index contributed by atoms with van der Waals surface area (Å²) in [4.78, 5) is 11.9. The zero-order valence-electron chi connectivity index (χ0n) is 16.4. The van der Waals surface area contributed by atoms with E-state index >= 15 is 0 Å². The molecule has 3 rings (SSSR count). The fraction of sp³-hybridized carbons (Fsp3) is 0.333. The molecule has 0 aliphatic heterocycles. The minimum Gasteiger partial charge on any atom is -0.475 e. The Balaban J connectivity index is 1.43. The molecule has 28 heavy (non-hydrogen) atoms. The van der Waals surface area contributed by atoms with Crippen molar-refractivity contribution in [3.05, 3.63) is 59.9 Å². The van der Waals surface area contributed by atoms with E-state index < -0.39 is 0 Å². The van der Waals surface area contributed by atoms with Gasteiger partial charge >= 0.3 is 0 Å². The molecule has 0 fully saturated rings. The Morgan fingerprint density at radius 1 is 1.14 bits per heavy atom. The predicted octanol–water partition coefficient (Wildman–Crippen LogP) is 2.50. The van der Waals surface area contributed by atoms with Crippen LogP contribution in [0.2, 0.25) is 0 Å². The Kier molecular flexibility index (Phi) is 7.26. The van der Waals surface area contributed by atoms with Crippen LogP contribution in [0, 0.1) is 0 Å². The first-order chi connectivity index (χ1) is 13.8. The number of rotatable bonds is 9. The Labute approximate surface area is 165 Å². The van der Waals surface area contributed by atoms with E-state index in [1.807, 2.05) is 18.2 Å². The molecule has 148 valence electrons. The molecule has 0 saturated carbocycles. The van der Waals surface area contributed by atoms with Gasteiger partial charge in [-0.15, -0.1) is 0 Å². The zero-order valence-corrected chi connectivity index (χ0v) is 16.4. The number of benzene rings is 1. The molecule has 0 saturated heterocycles. The lowest BCUT2D eigenvalue weighted by atomic mass is 10.1. The second kappa shape index (κ2) is 10.3. The molecule has 7 heteroatoms. The Morgan fingerprint density at radius 3 is 2.82 bits per heavy atom. The molecule has 7 nitrogen and oxygen atoms in total. The lowest BCUT2D eigenvalue weighted by Crippen LogP contribution is -2.37. The van der Waals surface area contributed by atoms with Gasteiger partial charge in [0, 0.05) is 56.6 Å². The summed E-state index contributed by atoms with van der Waals surface area (Å²) in [6, 6.07) is 12.2. The van der Waals surface area contributed by atoms with Crippen LogP contribution in [0.5, 0.6) is 5.88 Å². The number of fused-ring (bicyclic) bond motifs is 1. The molecular formula is C21H27N5O2. The second-order valence-electron chi connectivity index (χ2n) is 6.31. The van der Waals surface area contributed by atoms with Crippen LogP contribution in [0.15, 0.2) is 53.8 Å². The van der Waals surface area contributed by atoms with Gasteiger partial charge in [-0.2, -0.15) is 0 Å². The van der Waals surface area contributed by atoms with E-state index in [0.717, 1.165) is 24.5 Å². The first-order valence-electron chi connectivity index (χ1n) is 9.36. The highest BCUT2D eigenvalue weighted by Gasteiger charge is 2.04. The highest BCUT2D eigenvalue weighted by atomic mass is 16.5. The number of guanidine groups is 1. The van der Waals surface area contributed by atoms with Gasteiger partial charge in [0.15, 0.2) is 5.96 Å². The Hall–Kier alpha value is -3.06. The van der Waals surface area contributed by atoms with Crippen molar-refractivity contribution in [2.24, 2.45) is 4.99 Å². The fourth-order valence-electron chi connectivity index (χ4n) is 2.89. The van der Waals surface area contributed by atoms with Crippen molar-refractivity contribution < 1.29 is 9.47 Å². The number of pyridine rings is 1. The van der Waals surface area contributed by atoms with E-state index in [2.05, 4.69) is 50.0 Å². The number of methoxy groups -OCH3 is 1. The molecular weight excluding hydrogens is 354 g/mol. The largest absolute Gasteiger partial charge is 0.475 e. The summed E-state index contributed by atoms with van der Waals surface area (Å²) in [6.07, 6.45) is 4.79. The van der Waals surface area contributed by atoms with Crippen LogP contribution >= 0.6 is 0 Å². The highest BCUT2D eigenvalue weighted by Crippen LogP contribution is 2.17. The van der Waals surface area contributed by atoms with Crippen LogP contribution < -0.4 is 15.4 Å². The summed E-state index contributed by atoms with van der Waals surface area (Å²) in [5, 5.41) is 7.93. The summed E-state index contributed by atoms with van der Waals surface area (Å²) >= 11 is 0. The number of hydrogen-bond acceptors (Lipinski definition) is 4. The van der Waals surface area contributed by atoms with Crippen molar-refractivity contribution in [2.45, 2.75) is 13.0 Å². The number of nitrogens with one attached hydrogen (secondary N) is 3. The first-order valence-corrected chi connectivity index (χ1v) is 9.36. The number of hydrogen-bond donors (Lipinski definition) is 3. The predicted molar refractivity (Wildman–Crippen MR) is 112 cm³/mol. The van der Waals surface area contributed by atoms with E-state index in [1.165, 1.54) is 16.5 Å². The number of aromatic nitrogens is 2. The van der Waals surface area contributed by atoms with Crippen LogP contribution in [-0.2, 0) is 17.7 Å². The summed E-state index contributed by atoms with van der Waals surface area (Å²) in [6.45, 7) is 2.48. The molecule has 1 aromatic carbocycles. The van der Waals surface area contributed by atoms with Gasteiger partial charge in [0.05, 0.1) is 6.61 Å². The van der Waals surface area contributed by atoms with Gasteiger partial charge in [-0.05, 0) is 23.6 Å². The highest BCUT2D eigenvalue weighted by molar-refractivity contribution is 5.83. The van der Waals surface area contributed by atoms with E-state index in [-0.39, 0.29) is 0 Å². The zero-order chi connectivity index (χ0) is 19.6. The molecule has 2 aromatic heterocycles. The van der Waals surface area contributed by atoms with Gasteiger partial charge in [-0.1, -0.05) is 24.3 Å². The van der Waals surface area contributed by atoms with Crippen molar-refractivity contribution >= 4 is 16.9 Å². The normalized spacial score (nSPS) is 11.6. The van der Waals surface area contributed by atoms with Gasteiger partial charge in [0.25, 0.3) is 0 Å². The van der Waals surface area contributed by atoms with Crippen LogP contribution in [0.1, 0.15) is 11.1 Å². The minimum atomic E-state index is 0.494. The standard InChI is InChI=1S/C21H27N5O2/c1-22-21(23-10-9-17-15-24-19-6-4-3-5-18(17)19)26-14-16-7-8-20(25-13-16)28-12-11-27-2/h3-8,13,15,24H,9-12,14H2,1-2H3,(H2,22,23,26). The SMILES string of the molecule is CN=C(NCCc1c[nH]c2ccccc12)NCc1ccc(OCCOC)nc1. The van der Waals surface area contributed by atoms with Crippen molar-refractivity contribution in [2.75, 3.05) is 33.9 Å². The van der Waals surface area contributed by atoms with Crippen molar-refractivity contribution in [1.29, 1.82) is 0 Å². The Morgan fingerprint density at radius 2 is 2.04 bits per heavy atom. The molecule has 3 N–H and O–H groups in total. The van der Waals surface area contributed by atoms with Crippen LogP contribution in [0.4, 0.5) is 0 Å². The number of aliphatic imine (C=N–C) groups is 1. The van der Waals surface area contributed by atoms with Gasteiger partial charge in [0.2, 0.25) is 5.88 Å². The van der Waals surface area contributed by atoms with Crippen LogP contribution in [0.3, 0.4) is 0 Å². The topological polar surface area (TPSA) is 83.6 Å². The monoisotopic (exact) mass is 381 g/mol. The maximum atomic E-state index is 5.47. The number of aromatic amines is 1. The average Bonchev–Trinajstić information content (AvgIpc) is 3.15. The number of ether oxygens (including phenoxy) is 2. The summed E-state index contributed by atoms with van der Waals surface area (Å²) < 4.78 is 10.4. The van der Waals surface area contributed by atoms with Gasteiger partial charge in [-0.25, -0.2) is 4.98 Å².